The second-order valence-corrected chi connectivity index (χ2v) is 5.27. The molecule has 2 heteroatoms. The summed E-state index contributed by atoms with van der Waals surface area (Å²) in [6.07, 6.45) is 2.36. The molecule has 0 spiro atoms. The van der Waals surface area contributed by atoms with Gasteiger partial charge < -0.3 is 10.0 Å². The number of aryl methyl sites for hydroxylation is 1. The molecular formula is C19H19NO. The quantitative estimate of drug-likeness (QED) is 0.853. The molecule has 3 rings (SSSR count). The number of benzene rings is 2. The first kappa shape index (κ1) is 13.7. The number of hydrogen-bond acceptors (Lipinski definition) is 2. The Balaban J connectivity index is 1.88. The van der Waals surface area contributed by atoms with Crippen LogP contribution in [0.4, 0.5) is 5.69 Å². The average molecular weight is 277 g/mol. The third-order valence-corrected chi connectivity index (χ3v) is 3.89. The van der Waals surface area contributed by atoms with E-state index in [1.807, 2.05) is 12.1 Å². The maximum absolute atomic E-state index is 8.89. The lowest BCUT2D eigenvalue weighted by Gasteiger charge is -2.31. The van der Waals surface area contributed by atoms with Crippen molar-refractivity contribution in [3.8, 4) is 11.8 Å². The Hall–Kier alpha value is -2.24. The molecule has 1 N–H and O–H groups in total. The van der Waals surface area contributed by atoms with Crippen molar-refractivity contribution in [2.45, 2.75) is 19.4 Å². The molecule has 1 aliphatic rings. The average Bonchev–Trinajstić information content (AvgIpc) is 2.54. The fourth-order valence-corrected chi connectivity index (χ4v) is 2.90. The molecule has 0 bridgehead atoms. The normalized spacial score (nSPS) is 13.3. The summed E-state index contributed by atoms with van der Waals surface area (Å²) in [5.41, 5.74) is 5.00. The van der Waals surface area contributed by atoms with Crippen LogP contribution in [0.25, 0.3) is 0 Å². The molecule has 0 amide bonds. The Kier molecular flexibility index (Phi) is 4.23. The molecule has 0 aromatic heterocycles. The lowest BCUT2D eigenvalue weighted by atomic mass is 10.00. The number of rotatable bonds is 2. The molecule has 0 saturated carbocycles. The number of aliphatic hydroxyl groups is 1. The van der Waals surface area contributed by atoms with E-state index in [-0.39, 0.29) is 6.61 Å². The molecule has 0 aliphatic carbocycles. The maximum Gasteiger partial charge on any atom is 0.104 e. The predicted molar refractivity (Wildman–Crippen MR) is 86.2 cm³/mol. The predicted octanol–water partition coefficient (Wildman–Crippen LogP) is 2.98. The molecule has 2 aromatic carbocycles. The first-order valence-electron chi connectivity index (χ1n) is 7.39. The molecule has 106 valence electrons. The summed E-state index contributed by atoms with van der Waals surface area (Å²) in [4.78, 5) is 2.43. The molecule has 0 fully saturated rings. The number of fused-ring (bicyclic) bond motifs is 1. The van der Waals surface area contributed by atoms with Crippen LogP contribution in [0, 0.1) is 11.8 Å². The van der Waals surface area contributed by atoms with E-state index in [1.54, 1.807) is 0 Å². The highest BCUT2D eigenvalue weighted by atomic mass is 16.2. The molecule has 0 unspecified atom stereocenters. The zero-order valence-electron chi connectivity index (χ0n) is 12.0. The summed E-state index contributed by atoms with van der Waals surface area (Å²) in [7, 11) is 0. The SMILES string of the molecule is OCC#Cc1ccccc1CN1CCCc2ccccc21. The van der Waals surface area contributed by atoms with Crippen LogP contribution < -0.4 is 4.90 Å². The summed E-state index contributed by atoms with van der Waals surface area (Å²) < 4.78 is 0. The lowest BCUT2D eigenvalue weighted by molar-refractivity contribution is 0.350. The number of hydrogen-bond donors (Lipinski definition) is 1. The molecule has 0 saturated heterocycles. The molecule has 2 nitrogen and oxygen atoms in total. The van der Waals surface area contributed by atoms with Gasteiger partial charge in [-0.25, -0.2) is 0 Å². The van der Waals surface area contributed by atoms with Gasteiger partial charge in [0.1, 0.15) is 6.61 Å². The summed E-state index contributed by atoms with van der Waals surface area (Å²) >= 11 is 0. The minimum absolute atomic E-state index is 0.0963. The number of para-hydroxylation sites is 1. The summed E-state index contributed by atoms with van der Waals surface area (Å²) in [5, 5.41) is 8.89. The highest BCUT2D eigenvalue weighted by Gasteiger charge is 2.16. The monoisotopic (exact) mass is 277 g/mol. The van der Waals surface area contributed by atoms with Crippen molar-refractivity contribution < 1.29 is 5.11 Å². The summed E-state index contributed by atoms with van der Waals surface area (Å²) in [6.45, 7) is 1.85. The van der Waals surface area contributed by atoms with Crippen molar-refractivity contribution in [1.82, 2.24) is 0 Å². The van der Waals surface area contributed by atoms with E-state index in [9.17, 15) is 0 Å². The molecular weight excluding hydrogens is 258 g/mol. The first-order chi connectivity index (χ1) is 10.4. The molecule has 1 heterocycles. The van der Waals surface area contributed by atoms with Crippen LogP contribution >= 0.6 is 0 Å². The van der Waals surface area contributed by atoms with Crippen molar-refractivity contribution in [2.24, 2.45) is 0 Å². The largest absolute Gasteiger partial charge is 0.384 e. The molecule has 0 radical (unpaired) electrons. The number of nitrogens with zero attached hydrogens (tertiary/aromatic N) is 1. The van der Waals surface area contributed by atoms with Gasteiger partial charge in [-0.3, -0.25) is 0 Å². The van der Waals surface area contributed by atoms with Crippen LogP contribution in [0.15, 0.2) is 48.5 Å². The van der Waals surface area contributed by atoms with Gasteiger partial charge in [0, 0.05) is 24.3 Å². The van der Waals surface area contributed by atoms with E-state index in [0.717, 1.165) is 18.7 Å². The van der Waals surface area contributed by atoms with Gasteiger partial charge in [-0.05, 0) is 36.1 Å². The van der Waals surface area contributed by atoms with Gasteiger partial charge in [0.15, 0.2) is 0 Å². The van der Waals surface area contributed by atoms with Crippen LogP contribution in [0.2, 0.25) is 0 Å². The number of anilines is 1. The first-order valence-corrected chi connectivity index (χ1v) is 7.39. The van der Waals surface area contributed by atoms with Crippen molar-refractivity contribution >= 4 is 5.69 Å². The van der Waals surface area contributed by atoms with Crippen LogP contribution in [0.1, 0.15) is 23.1 Å². The Morgan fingerprint density at radius 3 is 2.76 bits per heavy atom. The fourth-order valence-electron chi connectivity index (χ4n) is 2.90. The van der Waals surface area contributed by atoms with Crippen molar-refractivity contribution in [2.75, 3.05) is 18.1 Å². The molecule has 2 aromatic rings. The fraction of sp³-hybridized carbons (Fsp3) is 0.263. The second-order valence-electron chi connectivity index (χ2n) is 5.27. The van der Waals surface area contributed by atoms with Crippen LogP contribution in [-0.4, -0.2) is 18.3 Å². The summed E-state index contributed by atoms with van der Waals surface area (Å²) in [6, 6.07) is 16.8. The van der Waals surface area contributed by atoms with Crippen LogP contribution in [0.5, 0.6) is 0 Å². The Morgan fingerprint density at radius 1 is 1.05 bits per heavy atom. The molecule has 1 aliphatic heterocycles. The zero-order chi connectivity index (χ0) is 14.5. The maximum atomic E-state index is 8.89. The Labute approximate surface area is 126 Å². The van der Waals surface area contributed by atoms with Crippen molar-refractivity contribution in [3.05, 3.63) is 65.2 Å². The minimum atomic E-state index is -0.0963. The van der Waals surface area contributed by atoms with Gasteiger partial charge in [0.25, 0.3) is 0 Å². The standard InChI is InChI=1S/C19H19NO/c21-14-6-11-16-7-1-2-9-18(16)15-20-13-5-10-17-8-3-4-12-19(17)20/h1-4,7-9,12,21H,5,10,13-15H2. The van der Waals surface area contributed by atoms with Crippen LogP contribution in [0.3, 0.4) is 0 Å². The van der Waals surface area contributed by atoms with Gasteiger partial charge in [-0.15, -0.1) is 0 Å². The number of aliphatic hydroxyl groups excluding tert-OH is 1. The van der Waals surface area contributed by atoms with Crippen LogP contribution in [-0.2, 0) is 13.0 Å². The Bertz CT molecular complexity index is 681. The van der Waals surface area contributed by atoms with E-state index in [0.29, 0.717) is 0 Å². The smallest absolute Gasteiger partial charge is 0.104 e. The highest BCUT2D eigenvalue weighted by Crippen LogP contribution is 2.28. The van der Waals surface area contributed by atoms with Gasteiger partial charge in [-0.2, -0.15) is 0 Å². The van der Waals surface area contributed by atoms with E-state index >= 15 is 0 Å². The van der Waals surface area contributed by atoms with Crippen molar-refractivity contribution in [3.63, 3.8) is 0 Å². The van der Waals surface area contributed by atoms with Gasteiger partial charge in [-0.1, -0.05) is 48.2 Å². The third kappa shape index (κ3) is 3.09. The van der Waals surface area contributed by atoms with E-state index in [1.165, 1.54) is 29.7 Å². The van der Waals surface area contributed by atoms with Gasteiger partial charge in [0.05, 0.1) is 0 Å². The topological polar surface area (TPSA) is 23.5 Å². The van der Waals surface area contributed by atoms with E-state index in [2.05, 4.69) is 53.1 Å². The molecule has 0 atom stereocenters. The van der Waals surface area contributed by atoms with E-state index < -0.39 is 0 Å². The van der Waals surface area contributed by atoms with Gasteiger partial charge >= 0.3 is 0 Å². The van der Waals surface area contributed by atoms with Crippen molar-refractivity contribution in [1.29, 1.82) is 0 Å². The second kappa shape index (κ2) is 6.47. The third-order valence-electron chi connectivity index (χ3n) is 3.89. The van der Waals surface area contributed by atoms with Gasteiger partial charge in [0.2, 0.25) is 0 Å². The Morgan fingerprint density at radius 2 is 1.86 bits per heavy atom. The zero-order valence-corrected chi connectivity index (χ0v) is 12.0. The summed E-state index contributed by atoms with van der Waals surface area (Å²) in [5.74, 6) is 5.80. The lowest BCUT2D eigenvalue weighted by Crippen LogP contribution is -2.29. The van der Waals surface area contributed by atoms with E-state index in [4.69, 9.17) is 5.11 Å². The highest BCUT2D eigenvalue weighted by molar-refractivity contribution is 5.56. The molecule has 21 heavy (non-hydrogen) atoms. The minimum Gasteiger partial charge on any atom is -0.384 e.